The molecule has 0 aromatic rings. The number of rotatable bonds is 18. The maximum Gasteiger partial charge on any atom is 0.305 e. The first-order chi connectivity index (χ1) is 13.6. The van der Waals surface area contributed by atoms with Gasteiger partial charge in [-0.3, -0.25) is 13.8 Å². The van der Waals surface area contributed by atoms with Gasteiger partial charge in [0.05, 0.1) is 19.5 Å². The van der Waals surface area contributed by atoms with Crippen molar-refractivity contribution in [3.05, 3.63) is 0 Å². The predicted octanol–water partition coefficient (Wildman–Crippen LogP) is 1.84. The van der Waals surface area contributed by atoms with Gasteiger partial charge in [0.25, 0.3) is 10.1 Å². The van der Waals surface area contributed by atoms with E-state index in [0.29, 0.717) is 32.3 Å². The van der Waals surface area contributed by atoms with Crippen LogP contribution < -0.4 is 5.32 Å². The minimum Gasteiger partial charge on any atom is -0.466 e. The molecule has 0 aliphatic carbocycles. The highest BCUT2D eigenvalue weighted by molar-refractivity contribution is 7.85. The third kappa shape index (κ3) is 19.6. The molecule has 0 fully saturated rings. The monoisotopic (exact) mass is 439 g/mol. The van der Waals surface area contributed by atoms with Crippen molar-refractivity contribution in [3.63, 3.8) is 0 Å². The molecule has 0 aromatic heterocycles. The summed E-state index contributed by atoms with van der Waals surface area (Å²) in [4.78, 5) is 35.0. The third-order valence-corrected chi connectivity index (χ3v) is 4.71. The Hall–Kier alpha value is -1.52. The zero-order valence-corrected chi connectivity index (χ0v) is 18.6. The summed E-state index contributed by atoms with van der Waals surface area (Å²) in [5.41, 5.74) is 0. The van der Waals surface area contributed by atoms with E-state index >= 15 is 0 Å². The van der Waals surface area contributed by atoms with Gasteiger partial charge in [0.2, 0.25) is 5.91 Å². The average Bonchev–Trinajstić information content (AvgIpc) is 2.62. The van der Waals surface area contributed by atoms with E-state index in [1.807, 2.05) is 0 Å². The summed E-state index contributed by atoms with van der Waals surface area (Å²) in [6.07, 6.45) is 5.36. The topological polar surface area (TPSA) is 125 Å². The molecule has 9 nitrogen and oxygen atoms in total. The Morgan fingerprint density at radius 1 is 1.00 bits per heavy atom. The van der Waals surface area contributed by atoms with Crippen LogP contribution in [-0.4, -0.2) is 65.8 Å². The zero-order chi connectivity index (χ0) is 22.1. The Kier molecular flexibility index (Phi) is 15.4. The van der Waals surface area contributed by atoms with Crippen LogP contribution in [-0.2, 0) is 38.2 Å². The van der Waals surface area contributed by atoms with Crippen molar-refractivity contribution >= 4 is 27.8 Å². The van der Waals surface area contributed by atoms with E-state index in [1.165, 1.54) is 6.92 Å². The number of methoxy groups -OCH3 is 1. The molecular weight excluding hydrogens is 402 g/mol. The summed E-state index contributed by atoms with van der Waals surface area (Å²) in [6.45, 7) is 2.30. The molecule has 29 heavy (non-hydrogen) atoms. The molecule has 0 bridgehead atoms. The van der Waals surface area contributed by atoms with Crippen LogP contribution in [0.15, 0.2) is 0 Å². The van der Waals surface area contributed by atoms with Crippen LogP contribution in [0.1, 0.15) is 59.7 Å². The standard InChI is InChI=1S/C19H35NO8S.H2/c1-16(21)8-9-17(15-18(22)20-11-14-28-29(3,24)25)10-13-27-19(23)7-5-4-6-12-26-2;/h17H,4-15H2,1-3H3,(H,20,22);1H. The molecule has 0 aliphatic heterocycles. The number of hydrogen-bond acceptors (Lipinski definition) is 8. The highest BCUT2D eigenvalue weighted by Gasteiger charge is 2.16. The molecular formula is C19H37NO8S. The Morgan fingerprint density at radius 3 is 2.34 bits per heavy atom. The molecule has 1 N–H and O–H groups in total. The number of amides is 1. The predicted molar refractivity (Wildman–Crippen MR) is 110 cm³/mol. The fraction of sp³-hybridized carbons (Fsp3) is 0.842. The lowest BCUT2D eigenvalue weighted by atomic mass is 9.94. The molecule has 172 valence electrons. The van der Waals surface area contributed by atoms with Crippen molar-refractivity contribution in [1.29, 1.82) is 0 Å². The summed E-state index contributed by atoms with van der Waals surface area (Å²) in [7, 11) is -1.90. The van der Waals surface area contributed by atoms with Gasteiger partial charge in [0.1, 0.15) is 5.78 Å². The number of unbranched alkanes of at least 4 members (excludes halogenated alkanes) is 2. The van der Waals surface area contributed by atoms with Crippen LogP contribution in [0.3, 0.4) is 0 Å². The molecule has 0 aliphatic rings. The van der Waals surface area contributed by atoms with Crippen LogP contribution in [0.5, 0.6) is 0 Å². The van der Waals surface area contributed by atoms with Crippen LogP contribution in [0.2, 0.25) is 0 Å². The van der Waals surface area contributed by atoms with Crippen LogP contribution in [0.4, 0.5) is 0 Å². The maximum absolute atomic E-state index is 12.0. The Balaban J connectivity index is 0. The number of carbonyl (C=O) groups excluding carboxylic acids is 3. The number of nitrogens with one attached hydrogen (secondary N) is 1. The summed E-state index contributed by atoms with van der Waals surface area (Å²) >= 11 is 0. The molecule has 1 unspecified atom stereocenters. The van der Waals surface area contributed by atoms with Gasteiger partial charge in [-0.1, -0.05) is 6.42 Å². The fourth-order valence-corrected chi connectivity index (χ4v) is 2.96. The molecule has 0 saturated heterocycles. The van der Waals surface area contributed by atoms with Crippen molar-refractivity contribution < 1.29 is 37.9 Å². The van der Waals surface area contributed by atoms with E-state index < -0.39 is 10.1 Å². The first-order valence-corrected chi connectivity index (χ1v) is 11.7. The molecule has 1 atom stereocenters. The molecule has 0 rings (SSSR count). The number of esters is 1. The quantitative estimate of drug-likeness (QED) is 0.195. The van der Waals surface area contributed by atoms with Gasteiger partial charge in [0, 0.05) is 41.0 Å². The number of ether oxygens (including phenoxy) is 2. The normalized spacial score (nSPS) is 12.4. The van der Waals surface area contributed by atoms with Gasteiger partial charge < -0.3 is 19.6 Å². The number of Topliss-reactive ketones (excluding diaryl/α,β-unsaturated/α-hetero) is 1. The largest absolute Gasteiger partial charge is 0.466 e. The van der Waals surface area contributed by atoms with Gasteiger partial charge in [-0.05, 0) is 38.5 Å². The summed E-state index contributed by atoms with van der Waals surface area (Å²) < 4.78 is 36.5. The first-order valence-electron chi connectivity index (χ1n) is 9.89. The van der Waals surface area contributed by atoms with E-state index in [0.717, 1.165) is 25.5 Å². The lowest BCUT2D eigenvalue weighted by Crippen LogP contribution is -2.30. The lowest BCUT2D eigenvalue weighted by molar-refractivity contribution is -0.144. The summed E-state index contributed by atoms with van der Waals surface area (Å²) in [5, 5.41) is 2.59. The minimum absolute atomic E-state index is 0. The molecule has 0 radical (unpaired) electrons. The molecule has 10 heteroatoms. The minimum atomic E-state index is -3.54. The number of hydrogen-bond donors (Lipinski definition) is 1. The van der Waals surface area contributed by atoms with E-state index in [1.54, 1.807) is 7.11 Å². The highest BCUT2D eigenvalue weighted by Crippen LogP contribution is 2.17. The Labute approximate surface area is 175 Å². The van der Waals surface area contributed by atoms with Crippen molar-refractivity contribution in [1.82, 2.24) is 5.32 Å². The van der Waals surface area contributed by atoms with Gasteiger partial charge in [-0.2, -0.15) is 8.42 Å². The van der Waals surface area contributed by atoms with E-state index in [-0.39, 0.29) is 51.2 Å². The number of carbonyl (C=O) groups is 3. The van der Waals surface area contributed by atoms with E-state index in [2.05, 4.69) is 9.50 Å². The molecule has 0 spiro atoms. The third-order valence-electron chi connectivity index (χ3n) is 4.12. The lowest BCUT2D eigenvalue weighted by Gasteiger charge is -2.16. The second-order valence-corrected chi connectivity index (χ2v) is 8.64. The molecule has 0 heterocycles. The first kappa shape index (κ1) is 27.5. The second-order valence-electron chi connectivity index (χ2n) is 7.00. The van der Waals surface area contributed by atoms with Gasteiger partial charge >= 0.3 is 5.97 Å². The summed E-state index contributed by atoms with van der Waals surface area (Å²) in [5.74, 6) is -0.607. The van der Waals surface area contributed by atoms with Crippen molar-refractivity contribution in [2.24, 2.45) is 5.92 Å². The average molecular weight is 440 g/mol. The fourth-order valence-electron chi connectivity index (χ4n) is 2.58. The van der Waals surface area contributed by atoms with Crippen molar-refractivity contribution in [2.75, 3.05) is 39.7 Å². The summed E-state index contributed by atoms with van der Waals surface area (Å²) in [6, 6.07) is 0. The second kappa shape index (κ2) is 16.3. The van der Waals surface area contributed by atoms with Gasteiger partial charge in [-0.25, -0.2) is 0 Å². The molecule has 0 saturated carbocycles. The Bertz CT molecular complexity index is 597. The Morgan fingerprint density at radius 2 is 1.72 bits per heavy atom. The highest BCUT2D eigenvalue weighted by atomic mass is 32.2. The SMILES string of the molecule is COCCCCCC(=O)OCCC(CCC(C)=O)CC(=O)NCCOS(C)(=O)=O.[HH]. The van der Waals surface area contributed by atoms with E-state index in [4.69, 9.17) is 9.47 Å². The zero-order valence-electron chi connectivity index (χ0n) is 17.7. The van der Waals surface area contributed by atoms with E-state index in [9.17, 15) is 22.8 Å². The van der Waals surface area contributed by atoms with Gasteiger partial charge in [0.15, 0.2) is 0 Å². The van der Waals surface area contributed by atoms with Gasteiger partial charge in [-0.15, -0.1) is 0 Å². The van der Waals surface area contributed by atoms with Crippen LogP contribution >= 0.6 is 0 Å². The molecule has 1 amide bonds. The molecule has 0 aromatic carbocycles. The van der Waals surface area contributed by atoms with Crippen molar-refractivity contribution in [2.45, 2.75) is 58.3 Å². The van der Waals surface area contributed by atoms with Crippen LogP contribution in [0, 0.1) is 5.92 Å². The van der Waals surface area contributed by atoms with Crippen molar-refractivity contribution in [3.8, 4) is 0 Å². The smallest absolute Gasteiger partial charge is 0.305 e. The number of ketones is 1. The maximum atomic E-state index is 12.0. The van der Waals surface area contributed by atoms with Crippen LogP contribution in [0.25, 0.3) is 0 Å².